The summed E-state index contributed by atoms with van der Waals surface area (Å²) in [5.41, 5.74) is 1.37. The first-order valence-corrected chi connectivity index (χ1v) is 7.50. The maximum absolute atomic E-state index is 5.93. The Bertz CT molecular complexity index is 314. The van der Waals surface area contributed by atoms with Crippen LogP contribution in [0.1, 0.15) is 45.1 Å². The summed E-state index contributed by atoms with van der Waals surface area (Å²) < 4.78 is 0. The Morgan fingerprint density at radius 1 is 1.06 bits per heavy atom. The number of likely N-dealkylation sites (N-methyl/N-ethyl adjacent to an activating group) is 1. The number of halogens is 1. The van der Waals surface area contributed by atoms with Gasteiger partial charge in [0.05, 0.1) is 0 Å². The Hall–Kier alpha value is -0.530. The minimum atomic E-state index is 0.575. The Kier molecular flexibility index (Phi) is 7.38. The maximum Gasteiger partial charge on any atom is 0.0406 e. The Morgan fingerprint density at radius 3 is 2.06 bits per heavy atom. The van der Waals surface area contributed by atoms with E-state index < -0.39 is 0 Å². The normalized spacial score (nSPS) is 12.9. The van der Waals surface area contributed by atoms with Gasteiger partial charge in [-0.2, -0.15) is 0 Å². The molecule has 0 heterocycles. The third-order valence-electron chi connectivity index (χ3n) is 3.63. The average Bonchev–Trinajstić information content (AvgIpc) is 2.38. The van der Waals surface area contributed by atoms with Crippen LogP contribution < -0.4 is 5.32 Å². The molecule has 1 unspecified atom stereocenters. The Labute approximate surface area is 117 Å². The molecule has 0 aliphatic carbocycles. The smallest absolute Gasteiger partial charge is 0.0406 e. The highest BCUT2D eigenvalue weighted by Crippen LogP contribution is 2.21. The third kappa shape index (κ3) is 4.99. The van der Waals surface area contributed by atoms with Crippen LogP contribution in [-0.4, -0.2) is 13.1 Å². The largest absolute Gasteiger partial charge is 0.316 e. The second-order valence-corrected chi connectivity index (χ2v) is 5.50. The molecule has 1 N–H and O–H groups in total. The first-order chi connectivity index (χ1) is 8.71. The van der Waals surface area contributed by atoms with Crippen molar-refractivity contribution >= 4 is 11.6 Å². The molecule has 0 fully saturated rings. The van der Waals surface area contributed by atoms with E-state index in [0.29, 0.717) is 6.04 Å². The minimum Gasteiger partial charge on any atom is -0.316 e. The molecule has 0 saturated heterocycles. The van der Waals surface area contributed by atoms with Crippen LogP contribution in [-0.2, 0) is 6.42 Å². The molecule has 0 aliphatic heterocycles. The molecule has 0 spiro atoms. The van der Waals surface area contributed by atoms with Crippen LogP contribution in [0.2, 0.25) is 5.02 Å². The van der Waals surface area contributed by atoms with Gasteiger partial charge in [-0.05, 0) is 49.9 Å². The molecule has 0 saturated carbocycles. The van der Waals surface area contributed by atoms with Gasteiger partial charge < -0.3 is 5.32 Å². The second kappa shape index (κ2) is 8.55. The monoisotopic (exact) mass is 267 g/mol. The summed E-state index contributed by atoms with van der Waals surface area (Å²) in [5.74, 6) is 0.778. The topological polar surface area (TPSA) is 12.0 Å². The summed E-state index contributed by atoms with van der Waals surface area (Å²) in [6.07, 6.45) is 6.26. The lowest BCUT2D eigenvalue weighted by molar-refractivity contribution is 0.323. The lowest BCUT2D eigenvalue weighted by Gasteiger charge is -2.26. The van der Waals surface area contributed by atoms with Crippen molar-refractivity contribution in [1.82, 2.24) is 5.32 Å². The maximum atomic E-state index is 5.93. The fourth-order valence-electron chi connectivity index (χ4n) is 2.67. The summed E-state index contributed by atoms with van der Waals surface area (Å²) in [7, 11) is 2.08. The van der Waals surface area contributed by atoms with Crippen molar-refractivity contribution in [3.8, 4) is 0 Å². The molecule has 1 atom stereocenters. The molecule has 1 rings (SSSR count). The van der Waals surface area contributed by atoms with Crippen LogP contribution in [0, 0.1) is 5.92 Å². The van der Waals surface area contributed by atoms with Crippen molar-refractivity contribution in [2.24, 2.45) is 5.92 Å². The van der Waals surface area contributed by atoms with Crippen LogP contribution in [0.5, 0.6) is 0 Å². The van der Waals surface area contributed by atoms with Crippen LogP contribution >= 0.6 is 11.6 Å². The van der Waals surface area contributed by atoms with Gasteiger partial charge >= 0.3 is 0 Å². The highest BCUT2D eigenvalue weighted by Gasteiger charge is 2.18. The molecule has 102 valence electrons. The van der Waals surface area contributed by atoms with E-state index in [0.717, 1.165) is 17.4 Å². The molecule has 1 aromatic rings. The molecule has 0 aromatic heterocycles. The number of hydrogen-bond donors (Lipinski definition) is 1. The van der Waals surface area contributed by atoms with Crippen molar-refractivity contribution in [2.45, 2.75) is 52.0 Å². The molecule has 18 heavy (non-hydrogen) atoms. The molecular weight excluding hydrogens is 242 g/mol. The van der Waals surface area contributed by atoms with E-state index in [1.165, 1.54) is 31.2 Å². The predicted octanol–water partition coefficient (Wildman–Crippen LogP) is 4.69. The van der Waals surface area contributed by atoms with Crippen molar-refractivity contribution in [2.75, 3.05) is 7.05 Å². The van der Waals surface area contributed by atoms with Crippen molar-refractivity contribution < 1.29 is 0 Å². The van der Waals surface area contributed by atoms with Crippen molar-refractivity contribution in [1.29, 1.82) is 0 Å². The minimum absolute atomic E-state index is 0.575. The third-order valence-corrected chi connectivity index (χ3v) is 3.88. The fourth-order valence-corrected chi connectivity index (χ4v) is 2.79. The molecule has 0 amide bonds. The lowest BCUT2D eigenvalue weighted by Crippen LogP contribution is -2.35. The zero-order chi connectivity index (χ0) is 13.4. The van der Waals surface area contributed by atoms with E-state index >= 15 is 0 Å². The van der Waals surface area contributed by atoms with Gasteiger partial charge in [-0.25, -0.2) is 0 Å². The number of rotatable bonds is 8. The van der Waals surface area contributed by atoms with E-state index in [-0.39, 0.29) is 0 Å². The zero-order valence-corrected chi connectivity index (χ0v) is 12.6. The van der Waals surface area contributed by atoms with E-state index in [1.807, 2.05) is 12.1 Å². The zero-order valence-electron chi connectivity index (χ0n) is 11.9. The lowest BCUT2D eigenvalue weighted by atomic mass is 9.87. The van der Waals surface area contributed by atoms with Gasteiger partial charge in [0.25, 0.3) is 0 Å². The number of benzene rings is 1. The molecule has 1 nitrogen and oxygen atoms in total. The first-order valence-electron chi connectivity index (χ1n) is 7.12. The van der Waals surface area contributed by atoms with Gasteiger partial charge in [0.2, 0.25) is 0 Å². The van der Waals surface area contributed by atoms with Gasteiger partial charge in [-0.1, -0.05) is 50.4 Å². The summed E-state index contributed by atoms with van der Waals surface area (Å²) in [5, 5.41) is 4.32. The van der Waals surface area contributed by atoms with Crippen molar-refractivity contribution in [3.05, 3.63) is 34.9 Å². The van der Waals surface area contributed by atoms with Crippen LogP contribution in [0.3, 0.4) is 0 Å². The van der Waals surface area contributed by atoms with E-state index in [9.17, 15) is 0 Å². The van der Waals surface area contributed by atoms with Crippen LogP contribution in [0.4, 0.5) is 0 Å². The molecular formula is C16H26ClN. The van der Waals surface area contributed by atoms with Gasteiger partial charge in [-0.15, -0.1) is 0 Å². The van der Waals surface area contributed by atoms with E-state index in [2.05, 4.69) is 38.3 Å². The van der Waals surface area contributed by atoms with Crippen molar-refractivity contribution in [3.63, 3.8) is 0 Å². The molecule has 0 aliphatic rings. The summed E-state index contributed by atoms with van der Waals surface area (Å²) in [6.45, 7) is 4.55. The molecule has 0 bridgehead atoms. The first kappa shape index (κ1) is 15.5. The van der Waals surface area contributed by atoms with Crippen LogP contribution in [0.25, 0.3) is 0 Å². The molecule has 0 radical (unpaired) electrons. The molecule has 1 aromatic carbocycles. The SMILES string of the molecule is CCCC(CCC)C(Cc1ccc(Cl)cc1)NC. The Balaban J connectivity index is 2.66. The van der Waals surface area contributed by atoms with Gasteiger partial charge in [-0.3, -0.25) is 0 Å². The van der Waals surface area contributed by atoms with Gasteiger partial charge in [0.1, 0.15) is 0 Å². The number of nitrogens with one attached hydrogen (secondary N) is 1. The van der Waals surface area contributed by atoms with Gasteiger partial charge in [0.15, 0.2) is 0 Å². The quantitative estimate of drug-likeness (QED) is 0.721. The van der Waals surface area contributed by atoms with Gasteiger partial charge in [0, 0.05) is 11.1 Å². The standard InChI is InChI=1S/C16H26ClN/c1-4-6-14(7-5-2)16(18-3)12-13-8-10-15(17)11-9-13/h8-11,14,16,18H,4-7,12H2,1-3H3. The fraction of sp³-hybridized carbons (Fsp3) is 0.625. The Morgan fingerprint density at radius 2 is 1.61 bits per heavy atom. The predicted molar refractivity (Wildman–Crippen MR) is 81.3 cm³/mol. The second-order valence-electron chi connectivity index (χ2n) is 5.06. The highest BCUT2D eigenvalue weighted by atomic mass is 35.5. The van der Waals surface area contributed by atoms with E-state index in [4.69, 9.17) is 11.6 Å². The summed E-state index contributed by atoms with van der Waals surface area (Å²) in [6, 6.07) is 8.82. The molecule has 2 heteroatoms. The number of hydrogen-bond acceptors (Lipinski definition) is 1. The highest BCUT2D eigenvalue weighted by molar-refractivity contribution is 6.30. The average molecular weight is 268 g/mol. The van der Waals surface area contributed by atoms with Crippen LogP contribution in [0.15, 0.2) is 24.3 Å². The summed E-state index contributed by atoms with van der Waals surface area (Å²) >= 11 is 5.93. The summed E-state index contributed by atoms with van der Waals surface area (Å²) in [4.78, 5) is 0. The van der Waals surface area contributed by atoms with E-state index in [1.54, 1.807) is 0 Å².